The highest BCUT2D eigenvalue weighted by Gasteiger charge is 2.31. The Labute approximate surface area is 124 Å². The Bertz CT molecular complexity index is 431. The Kier molecular flexibility index (Phi) is 6.78. The molecular weight excluding hydrogens is 279 g/mol. The van der Waals surface area contributed by atoms with E-state index in [2.05, 4.69) is 29.5 Å². The highest BCUT2D eigenvalue weighted by atomic mass is 19.4. The second-order valence-electron chi connectivity index (χ2n) is 5.51. The summed E-state index contributed by atoms with van der Waals surface area (Å²) >= 11 is 0. The van der Waals surface area contributed by atoms with Crippen LogP contribution in [0.5, 0.6) is 0 Å². The van der Waals surface area contributed by atoms with Crippen LogP contribution in [0.1, 0.15) is 45.6 Å². The van der Waals surface area contributed by atoms with Crippen LogP contribution in [0, 0.1) is 5.92 Å². The first kappa shape index (κ1) is 17.6. The fraction of sp³-hybridized carbons (Fsp3) is 0.667. The Hall–Kier alpha value is -1.46. The standard InChI is InChI=1S/C15H24F3N3/c1-4-7-19-13-9-12(15(16,17)18)10-14(21-13)20-8-5-6-11(2)3/h9-11H,4-8H2,1-3H3,(H2,19,20,21). The molecule has 0 aliphatic carbocycles. The minimum Gasteiger partial charge on any atom is -0.370 e. The number of hydrogen-bond donors (Lipinski definition) is 2. The lowest BCUT2D eigenvalue weighted by atomic mass is 10.1. The maximum absolute atomic E-state index is 12.9. The predicted octanol–water partition coefficient (Wildman–Crippen LogP) is 4.77. The van der Waals surface area contributed by atoms with Gasteiger partial charge in [0.05, 0.1) is 5.56 Å². The zero-order valence-corrected chi connectivity index (χ0v) is 12.8. The minimum atomic E-state index is -4.36. The third kappa shape index (κ3) is 6.69. The summed E-state index contributed by atoms with van der Waals surface area (Å²) in [6.07, 6.45) is -1.59. The Morgan fingerprint density at radius 3 is 2.14 bits per heavy atom. The van der Waals surface area contributed by atoms with Crippen molar-refractivity contribution in [3.8, 4) is 0 Å². The zero-order chi connectivity index (χ0) is 15.9. The van der Waals surface area contributed by atoms with Crippen molar-refractivity contribution >= 4 is 11.6 Å². The molecule has 120 valence electrons. The normalized spacial score (nSPS) is 11.8. The van der Waals surface area contributed by atoms with Crippen LogP contribution in [-0.2, 0) is 6.18 Å². The summed E-state index contributed by atoms with van der Waals surface area (Å²) in [5.74, 6) is 1.12. The van der Waals surface area contributed by atoms with Crippen LogP contribution in [-0.4, -0.2) is 18.1 Å². The van der Waals surface area contributed by atoms with Gasteiger partial charge in [-0.25, -0.2) is 4.98 Å². The number of nitrogens with one attached hydrogen (secondary N) is 2. The van der Waals surface area contributed by atoms with E-state index in [4.69, 9.17) is 0 Å². The van der Waals surface area contributed by atoms with Crippen molar-refractivity contribution < 1.29 is 13.2 Å². The number of alkyl halides is 3. The van der Waals surface area contributed by atoms with Crippen LogP contribution < -0.4 is 10.6 Å². The van der Waals surface area contributed by atoms with E-state index in [1.807, 2.05) is 6.92 Å². The van der Waals surface area contributed by atoms with Crippen LogP contribution in [0.25, 0.3) is 0 Å². The molecule has 0 bridgehead atoms. The van der Waals surface area contributed by atoms with Crippen LogP contribution in [0.15, 0.2) is 12.1 Å². The zero-order valence-electron chi connectivity index (χ0n) is 12.8. The number of halogens is 3. The summed E-state index contributed by atoms with van der Waals surface area (Å²) in [6.45, 7) is 7.41. The highest BCUT2D eigenvalue weighted by molar-refractivity contribution is 5.49. The smallest absolute Gasteiger partial charge is 0.370 e. The van der Waals surface area contributed by atoms with E-state index < -0.39 is 11.7 Å². The molecule has 0 aliphatic rings. The van der Waals surface area contributed by atoms with Gasteiger partial charge >= 0.3 is 6.18 Å². The molecule has 1 heterocycles. The number of hydrogen-bond acceptors (Lipinski definition) is 3. The lowest BCUT2D eigenvalue weighted by molar-refractivity contribution is -0.137. The average Bonchev–Trinajstić information content (AvgIpc) is 2.40. The molecule has 0 amide bonds. The number of pyridine rings is 1. The molecule has 21 heavy (non-hydrogen) atoms. The molecule has 0 unspecified atom stereocenters. The first-order valence-corrected chi connectivity index (χ1v) is 7.40. The van der Waals surface area contributed by atoms with Gasteiger partial charge in [-0.05, 0) is 37.3 Å². The number of anilines is 2. The van der Waals surface area contributed by atoms with Gasteiger partial charge < -0.3 is 10.6 Å². The third-order valence-electron chi connectivity index (χ3n) is 2.97. The second-order valence-corrected chi connectivity index (χ2v) is 5.51. The fourth-order valence-corrected chi connectivity index (χ4v) is 1.86. The van der Waals surface area contributed by atoms with Crippen LogP contribution >= 0.6 is 0 Å². The van der Waals surface area contributed by atoms with Crippen LogP contribution in [0.2, 0.25) is 0 Å². The molecule has 0 radical (unpaired) electrons. The monoisotopic (exact) mass is 303 g/mol. The molecular formula is C15H24F3N3. The van der Waals surface area contributed by atoms with Crippen molar-refractivity contribution in [1.29, 1.82) is 0 Å². The molecule has 0 aliphatic heterocycles. The van der Waals surface area contributed by atoms with Gasteiger partial charge in [0.15, 0.2) is 0 Å². The molecule has 0 saturated carbocycles. The lowest BCUT2D eigenvalue weighted by Gasteiger charge is -2.14. The maximum Gasteiger partial charge on any atom is 0.416 e. The van der Waals surface area contributed by atoms with Crippen LogP contribution in [0.4, 0.5) is 24.8 Å². The second kappa shape index (κ2) is 8.10. The van der Waals surface area contributed by atoms with Gasteiger partial charge in [-0.3, -0.25) is 0 Å². The topological polar surface area (TPSA) is 37.0 Å². The van der Waals surface area contributed by atoms with Crippen LogP contribution in [0.3, 0.4) is 0 Å². The molecule has 1 aromatic rings. The third-order valence-corrected chi connectivity index (χ3v) is 2.97. The minimum absolute atomic E-state index is 0.262. The molecule has 0 saturated heterocycles. The van der Waals surface area contributed by atoms with Gasteiger partial charge in [-0.2, -0.15) is 13.2 Å². The Balaban J connectivity index is 2.76. The Morgan fingerprint density at radius 1 is 1.10 bits per heavy atom. The van der Waals surface area contributed by atoms with Crippen molar-refractivity contribution in [2.45, 2.75) is 46.2 Å². The van der Waals surface area contributed by atoms with Gasteiger partial charge in [-0.1, -0.05) is 20.8 Å². The molecule has 1 rings (SSSR count). The van der Waals surface area contributed by atoms with E-state index in [0.717, 1.165) is 31.4 Å². The molecule has 6 heteroatoms. The molecule has 1 aromatic heterocycles. The quantitative estimate of drug-likeness (QED) is 0.679. The number of nitrogens with zero attached hydrogens (tertiary/aromatic N) is 1. The average molecular weight is 303 g/mol. The van der Waals surface area contributed by atoms with Gasteiger partial charge in [0.25, 0.3) is 0 Å². The molecule has 3 nitrogen and oxygen atoms in total. The molecule has 0 spiro atoms. The number of aromatic nitrogens is 1. The molecule has 2 N–H and O–H groups in total. The van der Waals surface area contributed by atoms with E-state index in [9.17, 15) is 13.2 Å². The SMILES string of the molecule is CCCNc1cc(C(F)(F)F)cc(NCCCC(C)C)n1. The summed E-state index contributed by atoms with van der Waals surface area (Å²) in [5.41, 5.74) is -0.678. The molecule has 0 fully saturated rings. The highest BCUT2D eigenvalue weighted by Crippen LogP contribution is 2.32. The number of rotatable bonds is 8. The van der Waals surface area contributed by atoms with Crippen molar-refractivity contribution in [3.05, 3.63) is 17.7 Å². The van der Waals surface area contributed by atoms with Crippen molar-refractivity contribution in [1.82, 2.24) is 4.98 Å². The summed E-state index contributed by atoms with van der Waals surface area (Å²) < 4.78 is 38.6. The largest absolute Gasteiger partial charge is 0.416 e. The van der Waals surface area contributed by atoms with E-state index >= 15 is 0 Å². The van der Waals surface area contributed by atoms with Crippen molar-refractivity contribution in [2.24, 2.45) is 5.92 Å². The van der Waals surface area contributed by atoms with Gasteiger partial charge in [-0.15, -0.1) is 0 Å². The first-order valence-electron chi connectivity index (χ1n) is 7.40. The first-order chi connectivity index (χ1) is 9.82. The fourth-order valence-electron chi connectivity index (χ4n) is 1.86. The van der Waals surface area contributed by atoms with Gasteiger partial charge in [0.1, 0.15) is 11.6 Å². The van der Waals surface area contributed by atoms with Gasteiger partial charge in [0, 0.05) is 13.1 Å². The summed E-state index contributed by atoms with van der Waals surface area (Å²) in [6, 6.07) is 2.11. The maximum atomic E-state index is 12.9. The lowest BCUT2D eigenvalue weighted by Crippen LogP contribution is -2.12. The van der Waals surface area contributed by atoms with E-state index in [0.29, 0.717) is 19.0 Å². The van der Waals surface area contributed by atoms with E-state index in [-0.39, 0.29) is 11.6 Å². The van der Waals surface area contributed by atoms with E-state index in [1.54, 1.807) is 0 Å². The summed E-state index contributed by atoms with van der Waals surface area (Å²) in [7, 11) is 0. The molecule has 0 aromatic carbocycles. The summed E-state index contributed by atoms with van der Waals surface area (Å²) in [4.78, 5) is 4.18. The van der Waals surface area contributed by atoms with E-state index in [1.165, 1.54) is 0 Å². The summed E-state index contributed by atoms with van der Waals surface area (Å²) in [5, 5.41) is 5.88. The Morgan fingerprint density at radius 2 is 1.67 bits per heavy atom. The predicted molar refractivity (Wildman–Crippen MR) is 80.6 cm³/mol. The van der Waals surface area contributed by atoms with Crippen molar-refractivity contribution in [2.75, 3.05) is 23.7 Å². The van der Waals surface area contributed by atoms with Crippen molar-refractivity contribution in [3.63, 3.8) is 0 Å². The molecule has 0 atom stereocenters. The van der Waals surface area contributed by atoms with Gasteiger partial charge in [0.2, 0.25) is 0 Å².